The summed E-state index contributed by atoms with van der Waals surface area (Å²) in [5.41, 5.74) is 5.44. The number of hydrogen-bond acceptors (Lipinski definition) is 7. The van der Waals surface area contributed by atoms with Gasteiger partial charge in [0.2, 0.25) is 0 Å². The van der Waals surface area contributed by atoms with Crippen LogP contribution in [-0.4, -0.2) is 64.5 Å². The van der Waals surface area contributed by atoms with Crippen LogP contribution < -0.4 is 10.6 Å². The minimum atomic E-state index is 0.500. The van der Waals surface area contributed by atoms with Gasteiger partial charge in [-0.15, -0.1) is 0 Å². The van der Waals surface area contributed by atoms with Crippen LogP contribution in [0, 0.1) is 0 Å². The molecule has 0 aromatic carbocycles. The first-order valence-corrected chi connectivity index (χ1v) is 11.8. The maximum absolute atomic E-state index is 4.94. The van der Waals surface area contributed by atoms with E-state index in [9.17, 15) is 0 Å². The summed E-state index contributed by atoms with van der Waals surface area (Å²) in [5.74, 6) is 0. The zero-order valence-electron chi connectivity index (χ0n) is 20.3. The topological polar surface area (TPSA) is 82.2 Å². The molecule has 0 radical (unpaired) electrons. The average Bonchev–Trinajstić information content (AvgIpc) is 3.26. The minimum absolute atomic E-state index is 0.500. The van der Waals surface area contributed by atoms with E-state index in [4.69, 9.17) is 4.99 Å². The second kappa shape index (κ2) is 11.2. The zero-order valence-corrected chi connectivity index (χ0v) is 20.3. The molecule has 34 heavy (non-hydrogen) atoms. The predicted octanol–water partition coefficient (Wildman–Crippen LogP) is 4.29. The second-order valence-electron chi connectivity index (χ2n) is 8.99. The molecule has 0 unspecified atom stereocenters. The van der Waals surface area contributed by atoms with Crippen molar-refractivity contribution in [3.63, 3.8) is 0 Å². The lowest BCUT2D eigenvalue weighted by molar-refractivity contribution is 0.205. The number of nitrogens with one attached hydrogen (secondary N) is 2. The molecule has 1 aliphatic carbocycles. The number of rotatable bonds is 9. The lowest BCUT2D eigenvalue weighted by Gasteiger charge is -2.32. The Labute approximate surface area is 201 Å². The van der Waals surface area contributed by atoms with Gasteiger partial charge in [-0.05, 0) is 83.3 Å². The molecule has 2 N–H and O–H groups in total. The Kier molecular flexibility index (Phi) is 7.82. The lowest BCUT2D eigenvalue weighted by Crippen LogP contribution is -2.39. The molecule has 0 bridgehead atoms. The van der Waals surface area contributed by atoms with E-state index in [1.165, 1.54) is 25.7 Å². The molecule has 3 heterocycles. The summed E-state index contributed by atoms with van der Waals surface area (Å²) in [5, 5.41) is 7.03. The van der Waals surface area contributed by atoms with Crippen LogP contribution in [0.1, 0.15) is 38.3 Å². The zero-order chi connectivity index (χ0) is 23.9. The van der Waals surface area contributed by atoms with E-state index >= 15 is 0 Å². The molecule has 0 amide bonds. The van der Waals surface area contributed by atoms with Gasteiger partial charge in [-0.25, -0.2) is 4.98 Å². The van der Waals surface area contributed by atoms with Crippen molar-refractivity contribution < 1.29 is 0 Å². The Hall–Kier alpha value is -3.36. The summed E-state index contributed by atoms with van der Waals surface area (Å²) in [7, 11) is 4.34. The van der Waals surface area contributed by atoms with Crippen molar-refractivity contribution in [3.8, 4) is 0 Å². The molecule has 8 heteroatoms. The quantitative estimate of drug-likeness (QED) is 0.468. The Morgan fingerprint density at radius 1 is 1.18 bits per heavy atom. The summed E-state index contributed by atoms with van der Waals surface area (Å²) in [6.07, 6.45) is 14.0. The van der Waals surface area contributed by atoms with Gasteiger partial charge < -0.3 is 10.2 Å². The van der Waals surface area contributed by atoms with Crippen molar-refractivity contribution in [1.82, 2.24) is 24.6 Å². The number of aliphatic imine (C=N–C) groups is 2. The fourth-order valence-electron chi connectivity index (χ4n) is 4.49. The van der Waals surface area contributed by atoms with E-state index in [0.717, 1.165) is 34.0 Å². The number of aromatic nitrogens is 3. The number of fused-ring (bicyclic) bond motifs is 1. The molecule has 8 nitrogen and oxygen atoms in total. The number of imidazole rings is 1. The van der Waals surface area contributed by atoms with Gasteiger partial charge in [-0.1, -0.05) is 0 Å². The molecule has 4 rings (SSSR count). The average molecular weight is 459 g/mol. The van der Waals surface area contributed by atoms with Gasteiger partial charge in [0.05, 0.1) is 41.8 Å². The molecule has 3 aromatic heterocycles. The van der Waals surface area contributed by atoms with Crippen molar-refractivity contribution in [2.24, 2.45) is 9.98 Å². The summed E-state index contributed by atoms with van der Waals surface area (Å²) >= 11 is 0. The number of allylic oxidation sites excluding steroid dienone is 1. The molecule has 3 aromatic rings. The van der Waals surface area contributed by atoms with Crippen molar-refractivity contribution in [3.05, 3.63) is 66.5 Å². The Morgan fingerprint density at radius 3 is 2.71 bits per heavy atom. The van der Waals surface area contributed by atoms with Gasteiger partial charge in [0, 0.05) is 30.7 Å². The van der Waals surface area contributed by atoms with Crippen LogP contribution in [0.3, 0.4) is 0 Å². The number of nitrogens with zero attached hydrogens (tertiary/aromatic N) is 6. The first kappa shape index (κ1) is 23.8. The smallest absolute Gasteiger partial charge is 0.137 e. The molecule has 0 atom stereocenters. The van der Waals surface area contributed by atoms with Gasteiger partial charge in [-0.2, -0.15) is 0 Å². The largest absolute Gasteiger partial charge is 0.353 e. The monoisotopic (exact) mass is 458 g/mol. The molecular weight excluding hydrogens is 424 g/mol. The highest BCUT2D eigenvalue weighted by Crippen LogP contribution is 2.22. The van der Waals surface area contributed by atoms with Crippen molar-refractivity contribution in [1.29, 1.82) is 0 Å². The van der Waals surface area contributed by atoms with E-state index in [-0.39, 0.29) is 0 Å². The first-order chi connectivity index (χ1) is 16.5. The molecule has 1 fully saturated rings. The summed E-state index contributed by atoms with van der Waals surface area (Å²) in [6, 6.07) is 9.08. The van der Waals surface area contributed by atoms with E-state index in [1.54, 1.807) is 18.6 Å². The van der Waals surface area contributed by atoms with Gasteiger partial charge >= 0.3 is 0 Å². The molecular formula is C26H34N8. The van der Waals surface area contributed by atoms with Crippen LogP contribution in [0.5, 0.6) is 0 Å². The molecule has 0 aliphatic heterocycles. The highest BCUT2D eigenvalue weighted by atomic mass is 15.1. The van der Waals surface area contributed by atoms with Crippen molar-refractivity contribution >= 4 is 29.5 Å². The lowest BCUT2D eigenvalue weighted by atomic mass is 9.91. The molecule has 0 spiro atoms. The number of anilines is 2. The molecule has 0 saturated heterocycles. The summed E-state index contributed by atoms with van der Waals surface area (Å²) in [6.45, 7) is 6.18. The fraction of sp³-hybridized carbons (Fsp3) is 0.385. The summed E-state index contributed by atoms with van der Waals surface area (Å²) in [4.78, 5) is 20.0. The summed E-state index contributed by atoms with van der Waals surface area (Å²) < 4.78 is 2.06. The Bertz CT molecular complexity index is 1150. The molecule has 178 valence electrons. The van der Waals surface area contributed by atoms with Crippen molar-refractivity contribution in [2.75, 3.05) is 26.1 Å². The maximum Gasteiger partial charge on any atom is 0.137 e. The molecule has 1 saturated carbocycles. The third kappa shape index (κ3) is 5.76. The van der Waals surface area contributed by atoms with E-state index in [2.05, 4.69) is 55.7 Å². The molecule has 1 aliphatic rings. The van der Waals surface area contributed by atoms with Gasteiger partial charge in [0.25, 0.3) is 0 Å². The van der Waals surface area contributed by atoms with Gasteiger partial charge in [-0.3, -0.25) is 24.7 Å². The normalized spacial score (nSPS) is 19.5. The Morgan fingerprint density at radius 2 is 2.00 bits per heavy atom. The van der Waals surface area contributed by atoms with Crippen LogP contribution in [0.2, 0.25) is 0 Å². The standard InChI is InChI=1S/C26H34N8/c1-19(14-27-2)26(31-18-30-20-7-10-23(11-8-20)33(3)4)24-16-29-25-12-9-22(17-34(24)25)32-21-6-5-13-28-15-21/h5-6,9,12-17,20,23,30,32H,2,7-8,10-11,18H2,1,3-4H3/b19-14-,31-26+. The minimum Gasteiger partial charge on any atom is -0.353 e. The van der Waals surface area contributed by atoms with E-state index in [0.29, 0.717) is 18.8 Å². The first-order valence-electron chi connectivity index (χ1n) is 11.8. The van der Waals surface area contributed by atoms with Crippen molar-refractivity contribution in [2.45, 2.75) is 44.7 Å². The van der Waals surface area contributed by atoms with Crippen LogP contribution in [0.15, 0.2) is 70.8 Å². The van der Waals surface area contributed by atoms with Gasteiger partial charge in [0.1, 0.15) is 5.65 Å². The predicted molar refractivity (Wildman–Crippen MR) is 140 cm³/mol. The van der Waals surface area contributed by atoms with Crippen LogP contribution in [0.4, 0.5) is 11.4 Å². The fourth-order valence-corrected chi connectivity index (χ4v) is 4.49. The number of hydrogen-bond donors (Lipinski definition) is 2. The maximum atomic E-state index is 4.94. The van der Waals surface area contributed by atoms with Crippen LogP contribution in [-0.2, 0) is 0 Å². The van der Waals surface area contributed by atoms with Crippen LogP contribution >= 0.6 is 0 Å². The second-order valence-corrected chi connectivity index (χ2v) is 8.99. The van der Waals surface area contributed by atoms with Crippen LogP contribution in [0.25, 0.3) is 5.65 Å². The van der Waals surface area contributed by atoms with Gasteiger partial charge in [0.15, 0.2) is 0 Å². The van der Waals surface area contributed by atoms with E-state index < -0.39 is 0 Å². The number of pyridine rings is 2. The highest BCUT2D eigenvalue weighted by Gasteiger charge is 2.22. The SMILES string of the molecule is C=N/C=C(C)\C(=N/CNC1CCC(N(C)C)CC1)c1cnc2ccc(Nc3cccnc3)cn12. The Balaban J connectivity index is 1.54. The third-order valence-corrected chi connectivity index (χ3v) is 6.40. The third-order valence-electron chi connectivity index (χ3n) is 6.40. The van der Waals surface area contributed by atoms with E-state index in [1.807, 2.05) is 43.6 Å². The highest BCUT2D eigenvalue weighted by molar-refractivity contribution is 6.11.